The largest absolute Gasteiger partial charge is 0.494 e. The summed E-state index contributed by atoms with van der Waals surface area (Å²) >= 11 is 0. The van der Waals surface area contributed by atoms with Gasteiger partial charge in [0.25, 0.3) is 5.91 Å². The molecular formula is C18H19N5O2. The molecule has 0 fully saturated rings. The van der Waals surface area contributed by atoms with Gasteiger partial charge in [0.15, 0.2) is 11.5 Å². The van der Waals surface area contributed by atoms with E-state index in [0.717, 1.165) is 11.3 Å². The molecule has 7 nitrogen and oxygen atoms in total. The second-order valence-corrected chi connectivity index (χ2v) is 5.49. The standard InChI is InChI=1S/C18H19N5O2/c1-3-25-15-9-7-14(8-10-15)23-17(19)16(21-22-23)18(24)20-13-6-4-5-12(2)11-13/h4-11H,3,19H2,1-2H3,(H,20,24). The molecule has 0 bridgehead atoms. The molecule has 25 heavy (non-hydrogen) atoms. The molecule has 2 aromatic carbocycles. The van der Waals surface area contributed by atoms with Crippen LogP contribution in [0, 0.1) is 6.92 Å². The molecule has 0 radical (unpaired) electrons. The number of nitrogens with zero attached hydrogens (tertiary/aromatic N) is 3. The maximum absolute atomic E-state index is 12.4. The van der Waals surface area contributed by atoms with Crippen molar-refractivity contribution in [3.63, 3.8) is 0 Å². The topological polar surface area (TPSA) is 95.1 Å². The van der Waals surface area contributed by atoms with E-state index < -0.39 is 5.91 Å². The molecule has 1 amide bonds. The van der Waals surface area contributed by atoms with Crippen LogP contribution in [0.1, 0.15) is 23.0 Å². The number of nitrogens with two attached hydrogens (primary N) is 1. The van der Waals surface area contributed by atoms with Crippen LogP contribution in [0.25, 0.3) is 5.69 Å². The van der Waals surface area contributed by atoms with Gasteiger partial charge in [0.1, 0.15) is 5.75 Å². The highest BCUT2D eigenvalue weighted by molar-refractivity contribution is 6.05. The van der Waals surface area contributed by atoms with Crippen LogP contribution >= 0.6 is 0 Å². The van der Waals surface area contributed by atoms with Gasteiger partial charge >= 0.3 is 0 Å². The molecule has 3 N–H and O–H groups in total. The lowest BCUT2D eigenvalue weighted by Gasteiger charge is -2.07. The van der Waals surface area contributed by atoms with E-state index in [1.54, 1.807) is 18.2 Å². The summed E-state index contributed by atoms with van der Waals surface area (Å²) in [5.41, 5.74) is 8.56. The number of nitrogen functional groups attached to an aromatic ring is 1. The summed E-state index contributed by atoms with van der Waals surface area (Å²) in [4.78, 5) is 12.4. The molecular weight excluding hydrogens is 318 g/mol. The molecule has 7 heteroatoms. The first-order chi connectivity index (χ1) is 12.1. The first-order valence-electron chi connectivity index (χ1n) is 7.91. The van der Waals surface area contributed by atoms with Crippen LogP contribution in [-0.2, 0) is 0 Å². The zero-order valence-electron chi connectivity index (χ0n) is 14.1. The highest BCUT2D eigenvalue weighted by Gasteiger charge is 2.18. The van der Waals surface area contributed by atoms with Crippen LogP contribution in [0.5, 0.6) is 5.75 Å². The quantitative estimate of drug-likeness (QED) is 0.746. The van der Waals surface area contributed by atoms with E-state index in [9.17, 15) is 4.79 Å². The smallest absolute Gasteiger partial charge is 0.280 e. The number of anilines is 2. The molecule has 0 atom stereocenters. The number of carbonyl (C=O) groups excluding carboxylic acids is 1. The summed E-state index contributed by atoms with van der Waals surface area (Å²) in [6.07, 6.45) is 0. The fraction of sp³-hybridized carbons (Fsp3) is 0.167. The van der Waals surface area contributed by atoms with E-state index in [-0.39, 0.29) is 11.5 Å². The minimum absolute atomic E-state index is 0.0791. The number of benzene rings is 2. The van der Waals surface area contributed by atoms with E-state index in [4.69, 9.17) is 10.5 Å². The molecule has 3 aromatic rings. The number of amides is 1. The van der Waals surface area contributed by atoms with Crippen molar-refractivity contribution in [1.29, 1.82) is 0 Å². The lowest BCUT2D eigenvalue weighted by Crippen LogP contribution is -2.15. The summed E-state index contributed by atoms with van der Waals surface area (Å²) in [6, 6.07) is 14.7. The minimum Gasteiger partial charge on any atom is -0.494 e. The Hall–Kier alpha value is -3.35. The van der Waals surface area contributed by atoms with Crippen LogP contribution in [0.15, 0.2) is 48.5 Å². The number of aryl methyl sites for hydroxylation is 1. The summed E-state index contributed by atoms with van der Waals surface area (Å²) in [7, 11) is 0. The number of nitrogens with one attached hydrogen (secondary N) is 1. The molecule has 0 saturated carbocycles. The van der Waals surface area contributed by atoms with E-state index in [1.807, 2.05) is 44.2 Å². The van der Waals surface area contributed by atoms with E-state index in [2.05, 4.69) is 15.6 Å². The Morgan fingerprint density at radius 1 is 1.24 bits per heavy atom. The fourth-order valence-electron chi connectivity index (χ4n) is 2.40. The molecule has 0 aliphatic heterocycles. The molecule has 0 spiro atoms. The third kappa shape index (κ3) is 3.60. The van der Waals surface area contributed by atoms with Crippen molar-refractivity contribution < 1.29 is 9.53 Å². The van der Waals surface area contributed by atoms with Crippen molar-refractivity contribution in [1.82, 2.24) is 15.0 Å². The van der Waals surface area contributed by atoms with Gasteiger partial charge in [0, 0.05) is 5.69 Å². The van der Waals surface area contributed by atoms with Gasteiger partial charge in [-0.1, -0.05) is 17.3 Å². The third-order valence-corrected chi connectivity index (χ3v) is 3.59. The lowest BCUT2D eigenvalue weighted by atomic mass is 10.2. The van der Waals surface area contributed by atoms with Crippen molar-refractivity contribution in [2.75, 3.05) is 17.7 Å². The molecule has 1 aromatic heterocycles. The summed E-state index contributed by atoms with van der Waals surface area (Å²) in [5, 5.41) is 10.7. The maximum Gasteiger partial charge on any atom is 0.280 e. The van der Waals surface area contributed by atoms with E-state index in [1.165, 1.54) is 4.68 Å². The molecule has 128 valence electrons. The summed E-state index contributed by atoms with van der Waals surface area (Å²) < 4.78 is 6.82. The van der Waals surface area contributed by atoms with Gasteiger partial charge in [-0.05, 0) is 55.8 Å². The third-order valence-electron chi connectivity index (χ3n) is 3.59. The number of carbonyl (C=O) groups is 1. The van der Waals surface area contributed by atoms with Gasteiger partial charge in [-0.3, -0.25) is 4.79 Å². The second kappa shape index (κ2) is 7.04. The first-order valence-corrected chi connectivity index (χ1v) is 7.91. The minimum atomic E-state index is -0.403. The molecule has 0 aliphatic rings. The lowest BCUT2D eigenvalue weighted by molar-refractivity contribution is 0.102. The van der Waals surface area contributed by atoms with Crippen molar-refractivity contribution in [2.24, 2.45) is 0 Å². The van der Waals surface area contributed by atoms with Crippen LogP contribution in [0.4, 0.5) is 11.5 Å². The molecule has 3 rings (SSSR count). The number of aromatic nitrogens is 3. The van der Waals surface area contributed by atoms with Crippen LogP contribution in [-0.4, -0.2) is 27.5 Å². The monoisotopic (exact) mass is 337 g/mol. The van der Waals surface area contributed by atoms with Crippen molar-refractivity contribution >= 4 is 17.4 Å². The zero-order chi connectivity index (χ0) is 17.8. The number of ether oxygens (including phenoxy) is 1. The van der Waals surface area contributed by atoms with Crippen molar-refractivity contribution in [3.8, 4) is 11.4 Å². The Kier molecular flexibility index (Phi) is 4.65. The number of hydrogen-bond donors (Lipinski definition) is 2. The predicted octanol–water partition coefficient (Wildman–Crippen LogP) is 2.81. The Bertz CT molecular complexity index is 887. The SMILES string of the molecule is CCOc1ccc(-n2nnc(C(=O)Nc3cccc(C)c3)c2N)cc1. The summed E-state index contributed by atoms with van der Waals surface area (Å²) in [6.45, 7) is 4.46. The van der Waals surface area contributed by atoms with Gasteiger partial charge in [0.2, 0.25) is 0 Å². The van der Waals surface area contributed by atoms with Crippen LogP contribution in [0.3, 0.4) is 0 Å². The van der Waals surface area contributed by atoms with Crippen LogP contribution in [0.2, 0.25) is 0 Å². The maximum atomic E-state index is 12.4. The Morgan fingerprint density at radius 2 is 2.00 bits per heavy atom. The Balaban J connectivity index is 1.81. The number of rotatable bonds is 5. The van der Waals surface area contributed by atoms with Gasteiger partial charge in [0.05, 0.1) is 12.3 Å². The second-order valence-electron chi connectivity index (χ2n) is 5.49. The zero-order valence-corrected chi connectivity index (χ0v) is 14.1. The van der Waals surface area contributed by atoms with Gasteiger partial charge < -0.3 is 15.8 Å². The highest BCUT2D eigenvalue weighted by Crippen LogP contribution is 2.19. The van der Waals surface area contributed by atoms with E-state index in [0.29, 0.717) is 18.0 Å². The average Bonchev–Trinajstić information content (AvgIpc) is 2.97. The van der Waals surface area contributed by atoms with Gasteiger partial charge in [-0.2, -0.15) is 4.68 Å². The van der Waals surface area contributed by atoms with Crippen molar-refractivity contribution in [2.45, 2.75) is 13.8 Å². The first kappa shape index (κ1) is 16.5. The normalized spacial score (nSPS) is 10.5. The van der Waals surface area contributed by atoms with E-state index >= 15 is 0 Å². The Morgan fingerprint density at radius 3 is 2.68 bits per heavy atom. The van der Waals surface area contributed by atoms with Gasteiger partial charge in [-0.25, -0.2) is 0 Å². The Labute approximate surface area is 145 Å². The highest BCUT2D eigenvalue weighted by atomic mass is 16.5. The molecule has 0 aliphatic carbocycles. The average molecular weight is 337 g/mol. The summed E-state index contributed by atoms with van der Waals surface area (Å²) in [5.74, 6) is 0.525. The fourth-order valence-corrected chi connectivity index (χ4v) is 2.40. The predicted molar refractivity (Wildman–Crippen MR) is 96.1 cm³/mol. The van der Waals surface area contributed by atoms with Crippen LogP contribution < -0.4 is 15.8 Å². The van der Waals surface area contributed by atoms with Crippen molar-refractivity contribution in [3.05, 3.63) is 59.8 Å². The molecule has 0 saturated heterocycles. The number of hydrogen-bond acceptors (Lipinski definition) is 5. The molecule has 0 unspecified atom stereocenters. The molecule has 1 heterocycles. The van der Waals surface area contributed by atoms with Gasteiger partial charge in [-0.15, -0.1) is 5.10 Å².